The van der Waals surface area contributed by atoms with E-state index in [0.717, 1.165) is 23.2 Å². The first-order valence-electron chi connectivity index (χ1n) is 6.98. The Labute approximate surface area is 129 Å². The predicted molar refractivity (Wildman–Crippen MR) is 86.0 cm³/mol. The van der Waals surface area contributed by atoms with Crippen LogP contribution in [0.1, 0.15) is 19.4 Å². The van der Waals surface area contributed by atoms with Gasteiger partial charge in [-0.25, -0.2) is 0 Å². The number of benzene rings is 1. The molecule has 4 nitrogen and oxygen atoms in total. The number of aryl methyl sites for hydroxylation is 1. The molecular weight excluding hydrogens is 318 g/mol. The molecule has 0 spiro atoms. The van der Waals surface area contributed by atoms with E-state index in [1.165, 1.54) is 5.56 Å². The third-order valence-electron chi connectivity index (χ3n) is 3.40. The van der Waals surface area contributed by atoms with Crippen LogP contribution in [0.3, 0.4) is 0 Å². The molecule has 5 heteroatoms. The zero-order valence-corrected chi connectivity index (χ0v) is 13.8. The molecule has 20 heavy (non-hydrogen) atoms. The fraction of sp³-hybridized carbons (Fsp3) is 0.533. The zero-order valence-electron chi connectivity index (χ0n) is 12.2. The number of anilines is 1. The van der Waals surface area contributed by atoms with Crippen molar-refractivity contribution in [1.29, 1.82) is 0 Å². The van der Waals surface area contributed by atoms with Gasteiger partial charge in [-0.2, -0.15) is 0 Å². The standard InChI is InChI=1S/C15H22BrN3O/c1-10-4-5-14(13(16)6-10)18-15(20)9-19-7-11(2)17-12(3)8-19/h4-6,11-12,17H,7-9H2,1-3H3,(H,18,20). The van der Waals surface area contributed by atoms with E-state index in [-0.39, 0.29) is 5.91 Å². The van der Waals surface area contributed by atoms with Gasteiger partial charge in [-0.05, 0) is 54.4 Å². The number of rotatable bonds is 3. The highest BCUT2D eigenvalue weighted by Gasteiger charge is 2.22. The fourth-order valence-electron chi connectivity index (χ4n) is 2.68. The summed E-state index contributed by atoms with van der Waals surface area (Å²) in [6.07, 6.45) is 0. The Bertz CT molecular complexity index is 482. The Balaban J connectivity index is 1.92. The Morgan fingerprint density at radius 3 is 2.65 bits per heavy atom. The topological polar surface area (TPSA) is 44.4 Å². The van der Waals surface area contributed by atoms with Crippen molar-refractivity contribution in [1.82, 2.24) is 10.2 Å². The molecule has 1 aliphatic heterocycles. The lowest BCUT2D eigenvalue weighted by Crippen LogP contribution is -2.55. The quantitative estimate of drug-likeness (QED) is 0.888. The van der Waals surface area contributed by atoms with Crippen LogP contribution >= 0.6 is 15.9 Å². The Kier molecular flexibility index (Phi) is 5.18. The maximum Gasteiger partial charge on any atom is 0.238 e. The van der Waals surface area contributed by atoms with Crippen molar-refractivity contribution in [3.05, 3.63) is 28.2 Å². The Morgan fingerprint density at radius 2 is 2.05 bits per heavy atom. The van der Waals surface area contributed by atoms with Crippen LogP contribution in [0.4, 0.5) is 5.69 Å². The maximum absolute atomic E-state index is 12.1. The van der Waals surface area contributed by atoms with Crippen molar-refractivity contribution in [3.8, 4) is 0 Å². The minimum Gasteiger partial charge on any atom is -0.324 e. The minimum atomic E-state index is 0.0378. The van der Waals surface area contributed by atoms with Gasteiger partial charge in [0.2, 0.25) is 5.91 Å². The molecule has 2 atom stereocenters. The molecular formula is C15H22BrN3O. The molecule has 2 rings (SSSR count). The number of amides is 1. The van der Waals surface area contributed by atoms with E-state index < -0.39 is 0 Å². The third-order valence-corrected chi connectivity index (χ3v) is 4.06. The average molecular weight is 340 g/mol. The molecule has 2 unspecified atom stereocenters. The van der Waals surface area contributed by atoms with Gasteiger partial charge in [-0.1, -0.05) is 6.07 Å². The highest BCUT2D eigenvalue weighted by molar-refractivity contribution is 9.10. The van der Waals surface area contributed by atoms with Crippen LogP contribution in [0.5, 0.6) is 0 Å². The number of nitrogens with zero attached hydrogens (tertiary/aromatic N) is 1. The molecule has 2 N–H and O–H groups in total. The van der Waals surface area contributed by atoms with Crippen LogP contribution in [-0.4, -0.2) is 42.5 Å². The summed E-state index contributed by atoms with van der Waals surface area (Å²) in [5.74, 6) is 0.0378. The fourth-order valence-corrected chi connectivity index (χ4v) is 3.28. The van der Waals surface area contributed by atoms with Crippen LogP contribution in [-0.2, 0) is 4.79 Å². The van der Waals surface area contributed by atoms with Crippen molar-refractivity contribution < 1.29 is 4.79 Å². The van der Waals surface area contributed by atoms with E-state index in [1.807, 2.05) is 25.1 Å². The number of piperazine rings is 1. The van der Waals surface area contributed by atoms with Gasteiger partial charge in [0.05, 0.1) is 12.2 Å². The molecule has 0 saturated carbocycles. The van der Waals surface area contributed by atoms with E-state index >= 15 is 0 Å². The first-order chi connectivity index (χ1) is 9.44. The number of carbonyl (C=O) groups is 1. The summed E-state index contributed by atoms with van der Waals surface area (Å²) in [5, 5.41) is 6.43. The van der Waals surface area contributed by atoms with Crippen LogP contribution in [0, 0.1) is 6.92 Å². The van der Waals surface area contributed by atoms with Gasteiger partial charge < -0.3 is 10.6 Å². The van der Waals surface area contributed by atoms with E-state index in [2.05, 4.69) is 45.3 Å². The summed E-state index contributed by atoms with van der Waals surface area (Å²) >= 11 is 3.48. The molecule has 0 aliphatic carbocycles. The monoisotopic (exact) mass is 339 g/mol. The molecule has 1 aromatic carbocycles. The smallest absolute Gasteiger partial charge is 0.238 e. The summed E-state index contributed by atoms with van der Waals surface area (Å²) in [6, 6.07) is 6.79. The van der Waals surface area contributed by atoms with E-state index in [9.17, 15) is 4.79 Å². The lowest BCUT2D eigenvalue weighted by atomic mass is 10.1. The van der Waals surface area contributed by atoms with Crippen molar-refractivity contribution in [2.45, 2.75) is 32.9 Å². The summed E-state index contributed by atoms with van der Waals surface area (Å²) in [7, 11) is 0. The highest BCUT2D eigenvalue weighted by atomic mass is 79.9. The number of hydrogen-bond acceptors (Lipinski definition) is 3. The number of halogens is 1. The lowest BCUT2D eigenvalue weighted by Gasteiger charge is -2.35. The van der Waals surface area contributed by atoms with Gasteiger partial charge in [-0.15, -0.1) is 0 Å². The highest BCUT2D eigenvalue weighted by Crippen LogP contribution is 2.23. The molecule has 0 aromatic heterocycles. The SMILES string of the molecule is Cc1ccc(NC(=O)CN2CC(C)NC(C)C2)c(Br)c1. The van der Waals surface area contributed by atoms with Crippen LogP contribution in [0.15, 0.2) is 22.7 Å². The third kappa shape index (κ3) is 4.30. The van der Waals surface area contributed by atoms with E-state index in [4.69, 9.17) is 0 Å². The summed E-state index contributed by atoms with van der Waals surface area (Å²) in [6.45, 7) is 8.59. The molecule has 0 bridgehead atoms. The van der Waals surface area contributed by atoms with Gasteiger partial charge in [-0.3, -0.25) is 9.69 Å². The van der Waals surface area contributed by atoms with Gasteiger partial charge in [0.1, 0.15) is 0 Å². The normalized spacial score (nSPS) is 23.6. The largest absolute Gasteiger partial charge is 0.324 e. The molecule has 1 aromatic rings. The first kappa shape index (κ1) is 15.5. The molecule has 0 radical (unpaired) electrons. The second-order valence-corrected chi connectivity index (χ2v) is 6.55. The van der Waals surface area contributed by atoms with E-state index in [0.29, 0.717) is 18.6 Å². The second-order valence-electron chi connectivity index (χ2n) is 5.69. The number of nitrogens with one attached hydrogen (secondary N) is 2. The van der Waals surface area contributed by atoms with Crippen LogP contribution in [0.25, 0.3) is 0 Å². The van der Waals surface area contributed by atoms with Crippen molar-refractivity contribution in [2.75, 3.05) is 25.0 Å². The number of carbonyl (C=O) groups excluding carboxylic acids is 1. The van der Waals surface area contributed by atoms with Crippen LogP contribution in [0.2, 0.25) is 0 Å². The average Bonchev–Trinajstić information content (AvgIpc) is 2.31. The maximum atomic E-state index is 12.1. The number of hydrogen-bond donors (Lipinski definition) is 2. The molecule has 1 amide bonds. The van der Waals surface area contributed by atoms with Crippen LogP contribution < -0.4 is 10.6 Å². The molecule has 110 valence electrons. The molecule has 1 aliphatic rings. The van der Waals surface area contributed by atoms with Gasteiger partial charge in [0.15, 0.2) is 0 Å². The molecule has 1 fully saturated rings. The summed E-state index contributed by atoms with van der Waals surface area (Å²) < 4.78 is 0.924. The van der Waals surface area contributed by atoms with Gasteiger partial charge in [0.25, 0.3) is 0 Å². The molecule has 1 saturated heterocycles. The van der Waals surface area contributed by atoms with E-state index in [1.54, 1.807) is 0 Å². The van der Waals surface area contributed by atoms with Crippen molar-refractivity contribution >= 4 is 27.5 Å². The van der Waals surface area contributed by atoms with Crippen molar-refractivity contribution in [3.63, 3.8) is 0 Å². The second kappa shape index (κ2) is 6.70. The summed E-state index contributed by atoms with van der Waals surface area (Å²) in [5.41, 5.74) is 2.00. The minimum absolute atomic E-state index is 0.0378. The Morgan fingerprint density at radius 1 is 1.40 bits per heavy atom. The lowest BCUT2D eigenvalue weighted by molar-refractivity contribution is -0.117. The molecule has 1 heterocycles. The Hall–Kier alpha value is -0.910. The summed E-state index contributed by atoms with van der Waals surface area (Å²) in [4.78, 5) is 14.3. The predicted octanol–water partition coefficient (Wildman–Crippen LogP) is 2.38. The zero-order chi connectivity index (χ0) is 14.7. The van der Waals surface area contributed by atoms with Gasteiger partial charge in [0, 0.05) is 29.6 Å². The first-order valence-corrected chi connectivity index (χ1v) is 7.77. The van der Waals surface area contributed by atoms with Gasteiger partial charge >= 0.3 is 0 Å². The van der Waals surface area contributed by atoms with Crippen molar-refractivity contribution in [2.24, 2.45) is 0 Å².